The number of aromatic nitrogens is 2. The smallest absolute Gasteiger partial charge is 0.260 e. The maximum Gasteiger partial charge on any atom is 0.260 e. The van der Waals surface area contributed by atoms with Gasteiger partial charge >= 0.3 is 0 Å². The molecule has 2 aromatic heterocycles. The van der Waals surface area contributed by atoms with Crippen molar-refractivity contribution in [1.29, 1.82) is 0 Å². The van der Waals surface area contributed by atoms with Gasteiger partial charge in [-0.2, -0.15) is 0 Å². The lowest BCUT2D eigenvalue weighted by atomic mass is 10.0. The minimum Gasteiger partial charge on any atom is -0.496 e. The number of fused-ring (bicyclic) bond motifs is 1. The SMILES string of the molecule is COc1cccc(F)c1-c1nccc2c1CN(c1cccc(N3CCN(C4CCN(C)CC4)CC3)n1)C2=O. The average molecular weight is 517 g/mol. The van der Waals surface area contributed by atoms with Crippen molar-refractivity contribution in [1.82, 2.24) is 19.8 Å². The number of carbonyl (C=O) groups is 1. The molecule has 0 atom stereocenters. The summed E-state index contributed by atoms with van der Waals surface area (Å²) in [4.78, 5) is 31.8. The van der Waals surface area contributed by atoms with Gasteiger partial charge in [-0.3, -0.25) is 19.6 Å². The van der Waals surface area contributed by atoms with Gasteiger partial charge in [0.1, 0.15) is 23.2 Å². The Balaban J connectivity index is 1.21. The highest BCUT2D eigenvalue weighted by Gasteiger charge is 2.34. The Labute approximate surface area is 222 Å². The van der Waals surface area contributed by atoms with Crippen molar-refractivity contribution in [3.63, 3.8) is 0 Å². The summed E-state index contributed by atoms with van der Waals surface area (Å²) in [6.07, 6.45) is 4.02. The first-order valence-corrected chi connectivity index (χ1v) is 13.3. The van der Waals surface area contributed by atoms with Gasteiger partial charge in [-0.05, 0) is 63.3 Å². The monoisotopic (exact) mass is 516 g/mol. The molecular formula is C29H33FN6O2. The number of halogens is 1. The number of anilines is 2. The van der Waals surface area contributed by atoms with Crippen molar-refractivity contribution in [2.24, 2.45) is 0 Å². The number of methoxy groups -OCH3 is 1. The van der Waals surface area contributed by atoms with E-state index in [0.29, 0.717) is 34.4 Å². The summed E-state index contributed by atoms with van der Waals surface area (Å²) in [5, 5.41) is 0. The minimum absolute atomic E-state index is 0.157. The maximum absolute atomic E-state index is 14.9. The summed E-state index contributed by atoms with van der Waals surface area (Å²) in [7, 11) is 3.70. The highest BCUT2D eigenvalue weighted by molar-refractivity contribution is 6.10. The Morgan fingerprint density at radius 2 is 1.68 bits per heavy atom. The topological polar surface area (TPSA) is 65.0 Å². The van der Waals surface area contributed by atoms with Crippen molar-refractivity contribution in [2.75, 3.05) is 63.2 Å². The van der Waals surface area contributed by atoms with Crippen molar-refractivity contribution < 1.29 is 13.9 Å². The summed E-state index contributed by atoms with van der Waals surface area (Å²) in [5.74, 6) is 1.26. The number of hydrogen-bond acceptors (Lipinski definition) is 7. The molecule has 2 saturated heterocycles. The molecule has 1 amide bonds. The van der Waals surface area contributed by atoms with Crippen molar-refractivity contribution in [3.8, 4) is 17.0 Å². The minimum atomic E-state index is -0.435. The van der Waals surface area contributed by atoms with Crippen LogP contribution in [0.3, 0.4) is 0 Å². The van der Waals surface area contributed by atoms with Crippen LogP contribution < -0.4 is 14.5 Å². The largest absolute Gasteiger partial charge is 0.496 e. The fourth-order valence-corrected chi connectivity index (χ4v) is 5.95. The van der Waals surface area contributed by atoms with Gasteiger partial charge in [0.25, 0.3) is 5.91 Å². The second-order valence-electron chi connectivity index (χ2n) is 10.3. The maximum atomic E-state index is 14.9. The van der Waals surface area contributed by atoms with Crippen LogP contribution in [0.15, 0.2) is 48.7 Å². The van der Waals surface area contributed by atoms with Gasteiger partial charge < -0.3 is 14.5 Å². The van der Waals surface area contributed by atoms with Gasteiger partial charge in [-0.1, -0.05) is 12.1 Å². The molecule has 0 aliphatic carbocycles. The first-order chi connectivity index (χ1) is 18.5. The molecule has 5 heterocycles. The number of piperazine rings is 1. The molecule has 2 fully saturated rings. The summed E-state index contributed by atoms with van der Waals surface area (Å²) >= 11 is 0. The van der Waals surface area contributed by atoms with Crippen LogP contribution in [0.25, 0.3) is 11.3 Å². The zero-order chi connectivity index (χ0) is 26.2. The number of piperidine rings is 1. The van der Waals surface area contributed by atoms with E-state index in [1.54, 1.807) is 29.3 Å². The Kier molecular flexibility index (Phi) is 6.71. The van der Waals surface area contributed by atoms with E-state index >= 15 is 0 Å². The molecule has 9 heteroatoms. The highest BCUT2D eigenvalue weighted by Crippen LogP contribution is 2.38. The van der Waals surface area contributed by atoms with Gasteiger partial charge in [-0.25, -0.2) is 9.37 Å². The van der Waals surface area contributed by atoms with Gasteiger partial charge in [-0.15, -0.1) is 0 Å². The molecule has 38 heavy (non-hydrogen) atoms. The van der Waals surface area contributed by atoms with Gasteiger partial charge in [0.15, 0.2) is 0 Å². The quantitative estimate of drug-likeness (QED) is 0.513. The van der Waals surface area contributed by atoms with Crippen LogP contribution in [0.1, 0.15) is 28.8 Å². The molecular weight excluding hydrogens is 483 g/mol. The molecule has 3 aliphatic rings. The number of rotatable bonds is 5. The molecule has 0 saturated carbocycles. The summed E-state index contributed by atoms with van der Waals surface area (Å²) < 4.78 is 20.3. The third kappa shape index (κ3) is 4.50. The molecule has 6 rings (SSSR count). The van der Waals surface area contributed by atoms with E-state index < -0.39 is 5.82 Å². The van der Waals surface area contributed by atoms with E-state index in [1.807, 2.05) is 18.2 Å². The number of benzene rings is 1. The summed E-state index contributed by atoms with van der Waals surface area (Å²) in [6, 6.07) is 12.9. The van der Waals surface area contributed by atoms with Crippen LogP contribution in [-0.4, -0.2) is 85.1 Å². The summed E-state index contributed by atoms with van der Waals surface area (Å²) in [5.41, 5.74) is 1.89. The van der Waals surface area contributed by atoms with Gasteiger partial charge in [0, 0.05) is 49.5 Å². The lowest BCUT2D eigenvalue weighted by molar-refractivity contribution is 0.0996. The predicted octanol–water partition coefficient (Wildman–Crippen LogP) is 3.67. The van der Waals surface area contributed by atoms with Crippen LogP contribution in [0, 0.1) is 5.82 Å². The van der Waals surface area contributed by atoms with Gasteiger partial charge in [0.2, 0.25) is 0 Å². The van der Waals surface area contributed by atoms with Crippen LogP contribution in [0.2, 0.25) is 0 Å². The molecule has 0 radical (unpaired) electrons. The van der Waals surface area contributed by atoms with E-state index in [4.69, 9.17) is 9.72 Å². The Hall–Kier alpha value is -3.56. The Morgan fingerprint density at radius 3 is 2.45 bits per heavy atom. The van der Waals surface area contributed by atoms with Crippen LogP contribution in [-0.2, 0) is 6.54 Å². The van der Waals surface area contributed by atoms with E-state index in [1.165, 1.54) is 39.1 Å². The molecule has 3 aromatic rings. The third-order valence-corrected chi connectivity index (χ3v) is 8.12. The second-order valence-corrected chi connectivity index (χ2v) is 10.3. The lowest BCUT2D eigenvalue weighted by Crippen LogP contribution is -2.53. The lowest BCUT2D eigenvalue weighted by Gasteiger charge is -2.42. The number of carbonyl (C=O) groups excluding carboxylic acids is 1. The zero-order valence-corrected chi connectivity index (χ0v) is 21.9. The van der Waals surface area contributed by atoms with Crippen LogP contribution >= 0.6 is 0 Å². The number of pyridine rings is 2. The number of likely N-dealkylation sites (tertiary alicyclic amines) is 1. The molecule has 0 spiro atoms. The molecule has 0 N–H and O–H groups in total. The average Bonchev–Trinajstić information content (AvgIpc) is 3.30. The van der Waals surface area contributed by atoms with Crippen LogP contribution in [0.5, 0.6) is 5.75 Å². The number of hydrogen-bond donors (Lipinski definition) is 0. The van der Waals surface area contributed by atoms with E-state index in [9.17, 15) is 9.18 Å². The first kappa shape index (κ1) is 24.8. The highest BCUT2D eigenvalue weighted by atomic mass is 19.1. The Bertz CT molecular complexity index is 1330. The number of amides is 1. The fraction of sp³-hybridized carbons (Fsp3) is 0.414. The molecule has 198 valence electrons. The molecule has 8 nitrogen and oxygen atoms in total. The van der Waals surface area contributed by atoms with Crippen molar-refractivity contribution >= 4 is 17.5 Å². The third-order valence-electron chi connectivity index (χ3n) is 8.12. The predicted molar refractivity (Wildman–Crippen MR) is 145 cm³/mol. The normalized spacial score (nSPS) is 19.2. The van der Waals surface area contributed by atoms with Crippen molar-refractivity contribution in [3.05, 3.63) is 65.6 Å². The molecule has 0 bridgehead atoms. The van der Waals surface area contributed by atoms with E-state index in [0.717, 1.165) is 32.0 Å². The van der Waals surface area contributed by atoms with E-state index in [-0.39, 0.29) is 18.0 Å². The Morgan fingerprint density at radius 1 is 0.947 bits per heavy atom. The number of nitrogens with zero attached hydrogens (tertiary/aromatic N) is 6. The first-order valence-electron chi connectivity index (χ1n) is 13.3. The summed E-state index contributed by atoms with van der Waals surface area (Å²) in [6.45, 7) is 6.48. The second kappa shape index (κ2) is 10.3. The van der Waals surface area contributed by atoms with E-state index in [2.05, 4.69) is 26.7 Å². The van der Waals surface area contributed by atoms with Crippen molar-refractivity contribution in [2.45, 2.75) is 25.4 Å². The zero-order valence-electron chi connectivity index (χ0n) is 21.9. The fourth-order valence-electron chi connectivity index (χ4n) is 5.95. The van der Waals surface area contributed by atoms with Gasteiger partial charge in [0.05, 0.1) is 24.9 Å². The molecule has 0 unspecified atom stereocenters. The molecule has 3 aliphatic heterocycles. The molecule has 1 aromatic carbocycles. The standard InChI is InChI=1S/C29H33FN6O2/c1-33-13-10-20(11-14-33)34-15-17-35(18-16-34)25-7-4-8-26(32-25)36-19-22-21(29(36)37)9-12-31-28(22)27-23(30)5-3-6-24(27)38-2/h3-9,12,20H,10-11,13-19H2,1-2H3. The van der Waals surface area contributed by atoms with Crippen LogP contribution in [0.4, 0.5) is 16.0 Å². The number of ether oxygens (including phenoxy) is 1.